The van der Waals surface area contributed by atoms with Crippen LogP contribution >= 0.6 is 0 Å². The summed E-state index contributed by atoms with van der Waals surface area (Å²) in [6, 6.07) is 7.21. The van der Waals surface area contributed by atoms with E-state index in [0.717, 1.165) is 5.52 Å². The van der Waals surface area contributed by atoms with Crippen molar-refractivity contribution in [1.29, 1.82) is 0 Å². The summed E-state index contributed by atoms with van der Waals surface area (Å²) >= 11 is 0. The Labute approximate surface area is 109 Å². The largest absolute Gasteiger partial charge is 0.493 e. The van der Waals surface area contributed by atoms with Gasteiger partial charge in [0.15, 0.2) is 5.69 Å². The molecule has 0 aliphatic carbocycles. The number of aromatic nitrogens is 1. The van der Waals surface area contributed by atoms with Gasteiger partial charge < -0.3 is 15.2 Å². The van der Waals surface area contributed by atoms with E-state index in [4.69, 9.17) is 5.11 Å². The van der Waals surface area contributed by atoms with Crippen molar-refractivity contribution in [2.24, 2.45) is 10.2 Å². The number of nitrogens with one attached hydrogen (secondary N) is 1. The molecule has 1 atom stereocenters. The number of amides is 1. The number of aliphatic hydroxyl groups excluding tert-OH is 1. The van der Waals surface area contributed by atoms with Crippen molar-refractivity contribution < 1.29 is 15.0 Å². The molecule has 19 heavy (non-hydrogen) atoms. The fraction of sp³-hybridized carbons (Fsp3) is 0.308. The van der Waals surface area contributed by atoms with Gasteiger partial charge in [-0.15, -0.1) is 10.2 Å². The Kier molecular flexibility index (Phi) is 3.91. The molecule has 2 aromatic rings. The number of aliphatic hydroxyl groups is 1. The Morgan fingerprint density at radius 1 is 1.42 bits per heavy atom. The van der Waals surface area contributed by atoms with Gasteiger partial charge in [-0.1, -0.05) is 18.2 Å². The SMILES string of the molecule is C[C@H](O)CCC(=O)N=Nc1c(O)[nH]c2ccccc12. The fourth-order valence-corrected chi connectivity index (χ4v) is 1.70. The standard InChI is InChI=1S/C13H15N3O3/c1-8(17)6-7-11(18)15-16-12-9-4-2-3-5-10(9)14-13(12)19/h2-5,8,14,17,19H,6-7H2,1H3/t8-/m0/s1. The third-order valence-corrected chi connectivity index (χ3v) is 2.70. The van der Waals surface area contributed by atoms with Gasteiger partial charge in [-0.25, -0.2) is 0 Å². The van der Waals surface area contributed by atoms with Crippen molar-refractivity contribution in [2.75, 3.05) is 0 Å². The summed E-state index contributed by atoms with van der Waals surface area (Å²) in [5.74, 6) is -0.543. The first-order valence-corrected chi connectivity index (χ1v) is 6.00. The third-order valence-electron chi connectivity index (χ3n) is 2.70. The second-order valence-corrected chi connectivity index (χ2v) is 4.35. The quantitative estimate of drug-likeness (QED) is 0.738. The molecular formula is C13H15N3O3. The second-order valence-electron chi connectivity index (χ2n) is 4.35. The molecule has 2 rings (SSSR count). The maximum Gasteiger partial charge on any atom is 0.264 e. The number of rotatable bonds is 4. The maximum absolute atomic E-state index is 11.4. The van der Waals surface area contributed by atoms with Crippen LogP contribution in [0.2, 0.25) is 0 Å². The lowest BCUT2D eigenvalue weighted by Gasteiger charge is -1.98. The second kappa shape index (κ2) is 5.62. The van der Waals surface area contributed by atoms with Crippen LogP contribution in [0.15, 0.2) is 34.5 Å². The molecule has 0 aliphatic rings. The molecule has 1 aromatic heterocycles. The Hall–Kier alpha value is -2.21. The van der Waals surface area contributed by atoms with Crippen LogP contribution in [-0.2, 0) is 4.79 Å². The van der Waals surface area contributed by atoms with Crippen LogP contribution in [0.3, 0.4) is 0 Å². The number of aromatic hydroxyl groups is 1. The van der Waals surface area contributed by atoms with E-state index in [-0.39, 0.29) is 18.0 Å². The van der Waals surface area contributed by atoms with E-state index in [1.165, 1.54) is 0 Å². The van der Waals surface area contributed by atoms with Gasteiger partial charge in [-0.2, -0.15) is 0 Å². The highest BCUT2D eigenvalue weighted by atomic mass is 16.3. The summed E-state index contributed by atoms with van der Waals surface area (Å²) in [6.07, 6.45) is -0.0669. The van der Waals surface area contributed by atoms with E-state index in [9.17, 15) is 9.90 Å². The number of hydrogen-bond donors (Lipinski definition) is 3. The minimum absolute atomic E-state index is 0.117. The van der Waals surface area contributed by atoms with Gasteiger partial charge in [0, 0.05) is 11.8 Å². The summed E-state index contributed by atoms with van der Waals surface area (Å²) in [5.41, 5.74) is 0.978. The molecule has 0 unspecified atom stereocenters. The zero-order chi connectivity index (χ0) is 13.8. The number of carbonyl (C=O) groups is 1. The molecule has 0 radical (unpaired) electrons. The van der Waals surface area contributed by atoms with Crippen molar-refractivity contribution in [3.63, 3.8) is 0 Å². The van der Waals surface area contributed by atoms with Crippen LogP contribution in [0.4, 0.5) is 5.69 Å². The Balaban J connectivity index is 2.17. The molecular weight excluding hydrogens is 246 g/mol. The van der Waals surface area contributed by atoms with Gasteiger partial charge in [0.05, 0.1) is 11.6 Å². The van der Waals surface area contributed by atoms with Crippen LogP contribution < -0.4 is 0 Å². The molecule has 6 heteroatoms. The zero-order valence-corrected chi connectivity index (χ0v) is 10.5. The van der Waals surface area contributed by atoms with Crippen molar-refractivity contribution >= 4 is 22.5 Å². The monoisotopic (exact) mass is 261 g/mol. The van der Waals surface area contributed by atoms with E-state index in [2.05, 4.69) is 15.2 Å². The number of fused-ring (bicyclic) bond motifs is 1. The van der Waals surface area contributed by atoms with Crippen LogP contribution in [-0.4, -0.2) is 27.2 Å². The summed E-state index contributed by atoms with van der Waals surface area (Å²) < 4.78 is 0. The molecule has 1 heterocycles. The predicted molar refractivity (Wildman–Crippen MR) is 70.4 cm³/mol. The molecule has 0 fully saturated rings. The van der Waals surface area contributed by atoms with Gasteiger partial charge in [0.2, 0.25) is 5.88 Å². The fourth-order valence-electron chi connectivity index (χ4n) is 1.70. The maximum atomic E-state index is 11.4. The summed E-state index contributed by atoms with van der Waals surface area (Å²) in [7, 11) is 0. The molecule has 0 aliphatic heterocycles. The highest BCUT2D eigenvalue weighted by Gasteiger charge is 2.10. The van der Waals surface area contributed by atoms with Gasteiger partial charge in [-0.3, -0.25) is 4.79 Å². The van der Waals surface area contributed by atoms with E-state index < -0.39 is 12.0 Å². The Bertz CT molecular complexity index is 617. The molecule has 0 bridgehead atoms. The number of para-hydroxylation sites is 1. The Morgan fingerprint density at radius 3 is 2.89 bits per heavy atom. The van der Waals surface area contributed by atoms with Crippen LogP contribution in [0.5, 0.6) is 5.88 Å². The van der Waals surface area contributed by atoms with Crippen molar-refractivity contribution in [2.45, 2.75) is 25.9 Å². The molecule has 0 saturated heterocycles. The summed E-state index contributed by atoms with van der Waals surface area (Å²) in [4.78, 5) is 14.2. The highest BCUT2D eigenvalue weighted by Crippen LogP contribution is 2.35. The predicted octanol–water partition coefficient (Wildman–Crippen LogP) is 2.64. The molecule has 1 aromatic carbocycles. The first kappa shape index (κ1) is 13.2. The normalized spacial score (nSPS) is 13.2. The van der Waals surface area contributed by atoms with Gasteiger partial charge >= 0.3 is 0 Å². The third kappa shape index (κ3) is 3.17. The van der Waals surface area contributed by atoms with Gasteiger partial charge in [0.1, 0.15) is 0 Å². The van der Waals surface area contributed by atoms with Crippen molar-refractivity contribution in [3.05, 3.63) is 24.3 Å². The zero-order valence-electron chi connectivity index (χ0n) is 10.5. The average molecular weight is 261 g/mol. The van der Waals surface area contributed by atoms with Crippen LogP contribution in [0.1, 0.15) is 19.8 Å². The van der Waals surface area contributed by atoms with Crippen molar-refractivity contribution in [3.8, 4) is 5.88 Å². The van der Waals surface area contributed by atoms with Crippen LogP contribution in [0.25, 0.3) is 10.9 Å². The summed E-state index contributed by atoms with van der Waals surface area (Å²) in [5, 5.41) is 26.8. The van der Waals surface area contributed by atoms with E-state index in [1.807, 2.05) is 12.1 Å². The number of hydrogen-bond acceptors (Lipinski definition) is 4. The van der Waals surface area contributed by atoms with Gasteiger partial charge in [0.25, 0.3) is 5.91 Å². The van der Waals surface area contributed by atoms with E-state index in [1.54, 1.807) is 19.1 Å². The van der Waals surface area contributed by atoms with Gasteiger partial charge in [-0.05, 0) is 19.4 Å². The lowest BCUT2D eigenvalue weighted by Crippen LogP contribution is -2.02. The molecule has 6 nitrogen and oxygen atoms in total. The molecule has 100 valence electrons. The molecule has 1 amide bonds. The Morgan fingerprint density at radius 2 is 2.16 bits per heavy atom. The topological polar surface area (TPSA) is 98.0 Å². The number of benzene rings is 1. The average Bonchev–Trinajstić information content (AvgIpc) is 2.69. The molecule has 0 saturated carbocycles. The first-order valence-electron chi connectivity index (χ1n) is 6.00. The minimum atomic E-state index is -0.541. The van der Waals surface area contributed by atoms with Crippen molar-refractivity contribution in [1.82, 2.24) is 4.98 Å². The smallest absolute Gasteiger partial charge is 0.264 e. The first-order chi connectivity index (χ1) is 9.08. The number of aromatic amines is 1. The number of azo groups is 1. The lowest BCUT2D eigenvalue weighted by molar-refractivity contribution is -0.118. The number of carbonyl (C=O) groups excluding carboxylic acids is 1. The molecule has 0 spiro atoms. The summed E-state index contributed by atoms with van der Waals surface area (Å²) in [6.45, 7) is 1.61. The van der Waals surface area contributed by atoms with E-state index in [0.29, 0.717) is 11.8 Å². The highest BCUT2D eigenvalue weighted by molar-refractivity contribution is 5.94. The number of nitrogens with zero attached hydrogens (tertiary/aromatic N) is 2. The minimum Gasteiger partial charge on any atom is -0.493 e. The lowest BCUT2D eigenvalue weighted by atomic mass is 10.2. The molecule has 3 N–H and O–H groups in total. The van der Waals surface area contributed by atoms with Crippen LogP contribution in [0, 0.1) is 0 Å². The van der Waals surface area contributed by atoms with E-state index >= 15 is 0 Å². The number of H-pyrrole nitrogens is 1.